The maximum Gasteiger partial charge on any atom is 0.255 e. The fourth-order valence-corrected chi connectivity index (χ4v) is 1.78. The third kappa shape index (κ3) is 1.66. The van der Waals surface area contributed by atoms with E-state index in [0.29, 0.717) is 12.3 Å². The normalized spacial score (nSPS) is 10.9. The minimum Gasteiger partial charge on any atom is -0.326 e. The zero-order chi connectivity index (χ0) is 11.7. The summed E-state index contributed by atoms with van der Waals surface area (Å²) in [6, 6.07) is 9.82. The topological polar surface area (TPSA) is 69.1 Å². The molecule has 0 amide bonds. The van der Waals surface area contributed by atoms with E-state index in [1.165, 1.54) is 0 Å². The molecule has 0 saturated heterocycles. The molecule has 0 bridgehead atoms. The van der Waals surface area contributed by atoms with Crippen molar-refractivity contribution in [3.8, 4) is 11.4 Å². The maximum absolute atomic E-state index is 5.63. The molecule has 2 N–H and O–H groups in total. The lowest BCUT2D eigenvalue weighted by molar-refractivity contribution is 1.06. The van der Waals surface area contributed by atoms with Crippen molar-refractivity contribution in [2.75, 3.05) is 0 Å². The Morgan fingerprint density at radius 3 is 3.00 bits per heavy atom. The summed E-state index contributed by atoms with van der Waals surface area (Å²) < 4.78 is 1.86. The Morgan fingerprint density at radius 1 is 1.18 bits per heavy atom. The van der Waals surface area contributed by atoms with Crippen LogP contribution in [0.5, 0.6) is 0 Å². The molecule has 1 aromatic carbocycles. The Hall–Kier alpha value is -2.27. The van der Waals surface area contributed by atoms with Crippen LogP contribution < -0.4 is 5.73 Å². The van der Waals surface area contributed by atoms with Crippen LogP contribution in [0.25, 0.3) is 17.2 Å². The van der Waals surface area contributed by atoms with Crippen molar-refractivity contribution in [2.24, 2.45) is 5.73 Å². The summed E-state index contributed by atoms with van der Waals surface area (Å²) in [4.78, 5) is 4.13. The molecule has 0 aliphatic rings. The van der Waals surface area contributed by atoms with Crippen LogP contribution in [0.3, 0.4) is 0 Å². The van der Waals surface area contributed by atoms with Gasteiger partial charge in [0, 0.05) is 24.5 Å². The first-order chi connectivity index (χ1) is 8.38. The van der Waals surface area contributed by atoms with E-state index in [9.17, 15) is 0 Å². The molecular formula is C12H11N5. The Kier molecular flexibility index (Phi) is 2.31. The first-order valence-electron chi connectivity index (χ1n) is 5.33. The van der Waals surface area contributed by atoms with Gasteiger partial charge in [0.1, 0.15) is 0 Å². The lowest BCUT2D eigenvalue weighted by Gasteiger charge is -2.01. The monoisotopic (exact) mass is 225 g/mol. The van der Waals surface area contributed by atoms with Crippen molar-refractivity contribution in [3.05, 3.63) is 48.3 Å². The quantitative estimate of drug-likeness (QED) is 0.712. The van der Waals surface area contributed by atoms with Gasteiger partial charge in [-0.25, -0.2) is 4.98 Å². The van der Waals surface area contributed by atoms with Crippen LogP contribution in [0.1, 0.15) is 5.56 Å². The highest BCUT2D eigenvalue weighted by Crippen LogP contribution is 2.18. The van der Waals surface area contributed by atoms with Gasteiger partial charge in [-0.1, -0.05) is 18.2 Å². The molecule has 0 unspecified atom stereocenters. The lowest BCUT2D eigenvalue weighted by atomic mass is 10.1. The SMILES string of the molecule is NCc1cccc(-c2nnc3ncccn23)c1. The van der Waals surface area contributed by atoms with Gasteiger partial charge in [0.05, 0.1) is 0 Å². The van der Waals surface area contributed by atoms with E-state index in [0.717, 1.165) is 17.0 Å². The second kappa shape index (κ2) is 3.95. The molecule has 0 aliphatic heterocycles. The van der Waals surface area contributed by atoms with Gasteiger partial charge in [-0.3, -0.25) is 4.40 Å². The Bertz CT molecular complexity index is 659. The van der Waals surface area contributed by atoms with E-state index in [1.807, 2.05) is 40.9 Å². The summed E-state index contributed by atoms with van der Waals surface area (Å²) in [6.45, 7) is 0.517. The summed E-state index contributed by atoms with van der Waals surface area (Å²) in [5, 5.41) is 8.17. The average molecular weight is 225 g/mol. The van der Waals surface area contributed by atoms with E-state index in [4.69, 9.17) is 5.73 Å². The minimum absolute atomic E-state index is 0.517. The summed E-state index contributed by atoms with van der Waals surface area (Å²) in [5.41, 5.74) is 7.70. The van der Waals surface area contributed by atoms with Crippen molar-refractivity contribution in [3.63, 3.8) is 0 Å². The molecule has 0 spiro atoms. The largest absolute Gasteiger partial charge is 0.326 e. The van der Waals surface area contributed by atoms with Crippen LogP contribution in [-0.4, -0.2) is 19.6 Å². The first-order valence-corrected chi connectivity index (χ1v) is 5.33. The molecular weight excluding hydrogens is 214 g/mol. The lowest BCUT2D eigenvalue weighted by Crippen LogP contribution is -1.97. The second-order valence-corrected chi connectivity index (χ2v) is 3.72. The molecule has 2 heterocycles. The van der Waals surface area contributed by atoms with Crippen molar-refractivity contribution in [1.82, 2.24) is 19.6 Å². The zero-order valence-corrected chi connectivity index (χ0v) is 9.11. The van der Waals surface area contributed by atoms with Gasteiger partial charge in [-0.2, -0.15) is 0 Å². The number of hydrogen-bond donors (Lipinski definition) is 1. The number of benzene rings is 1. The molecule has 0 aliphatic carbocycles. The van der Waals surface area contributed by atoms with Crippen molar-refractivity contribution in [2.45, 2.75) is 6.54 Å². The predicted molar refractivity (Wildman–Crippen MR) is 64.1 cm³/mol. The van der Waals surface area contributed by atoms with E-state index in [-0.39, 0.29) is 0 Å². The number of fused-ring (bicyclic) bond motifs is 1. The highest BCUT2D eigenvalue weighted by molar-refractivity contribution is 5.58. The second-order valence-electron chi connectivity index (χ2n) is 3.72. The van der Waals surface area contributed by atoms with E-state index >= 15 is 0 Å². The number of aromatic nitrogens is 4. The third-order valence-electron chi connectivity index (χ3n) is 2.61. The minimum atomic E-state index is 0.517. The van der Waals surface area contributed by atoms with Gasteiger partial charge in [0.15, 0.2) is 5.82 Å². The highest BCUT2D eigenvalue weighted by atomic mass is 15.3. The summed E-state index contributed by atoms with van der Waals surface area (Å²) in [6.07, 6.45) is 3.59. The molecule has 5 nitrogen and oxygen atoms in total. The molecule has 84 valence electrons. The molecule has 2 aromatic heterocycles. The number of nitrogens with two attached hydrogens (primary N) is 1. The van der Waals surface area contributed by atoms with E-state index in [2.05, 4.69) is 15.2 Å². The zero-order valence-electron chi connectivity index (χ0n) is 9.11. The molecule has 0 saturated carbocycles. The Morgan fingerprint density at radius 2 is 2.12 bits per heavy atom. The highest BCUT2D eigenvalue weighted by Gasteiger charge is 2.07. The van der Waals surface area contributed by atoms with Crippen molar-refractivity contribution in [1.29, 1.82) is 0 Å². The van der Waals surface area contributed by atoms with E-state index in [1.54, 1.807) is 6.20 Å². The summed E-state index contributed by atoms with van der Waals surface area (Å²) in [5.74, 6) is 1.38. The number of nitrogens with zero attached hydrogens (tertiary/aromatic N) is 4. The predicted octanol–water partition coefficient (Wildman–Crippen LogP) is 1.25. The summed E-state index contributed by atoms with van der Waals surface area (Å²) in [7, 11) is 0. The summed E-state index contributed by atoms with van der Waals surface area (Å²) >= 11 is 0. The van der Waals surface area contributed by atoms with Gasteiger partial charge in [0.25, 0.3) is 5.78 Å². The number of rotatable bonds is 2. The molecule has 0 atom stereocenters. The average Bonchev–Trinajstić information content (AvgIpc) is 2.82. The molecule has 0 radical (unpaired) electrons. The number of hydrogen-bond acceptors (Lipinski definition) is 4. The van der Waals surface area contributed by atoms with Gasteiger partial charge >= 0.3 is 0 Å². The molecule has 3 rings (SSSR count). The molecule has 3 aromatic rings. The van der Waals surface area contributed by atoms with Gasteiger partial charge in [0.2, 0.25) is 0 Å². The van der Waals surface area contributed by atoms with Gasteiger partial charge < -0.3 is 5.73 Å². The molecule has 17 heavy (non-hydrogen) atoms. The van der Waals surface area contributed by atoms with Crippen molar-refractivity contribution >= 4 is 5.78 Å². The fourth-order valence-electron chi connectivity index (χ4n) is 1.78. The van der Waals surface area contributed by atoms with Crippen LogP contribution in [-0.2, 0) is 6.54 Å². The van der Waals surface area contributed by atoms with Crippen LogP contribution in [0.15, 0.2) is 42.7 Å². The van der Waals surface area contributed by atoms with Crippen LogP contribution in [0, 0.1) is 0 Å². The Labute approximate surface area is 97.9 Å². The van der Waals surface area contributed by atoms with Gasteiger partial charge in [-0.15, -0.1) is 10.2 Å². The first kappa shape index (κ1) is 9.92. The Balaban J connectivity index is 2.20. The molecule has 0 fully saturated rings. The van der Waals surface area contributed by atoms with Crippen molar-refractivity contribution < 1.29 is 0 Å². The third-order valence-corrected chi connectivity index (χ3v) is 2.61. The van der Waals surface area contributed by atoms with Crippen LogP contribution in [0.2, 0.25) is 0 Å². The molecule has 5 heteroatoms. The van der Waals surface area contributed by atoms with Crippen LogP contribution >= 0.6 is 0 Å². The van der Waals surface area contributed by atoms with Crippen LogP contribution in [0.4, 0.5) is 0 Å². The maximum atomic E-state index is 5.63. The van der Waals surface area contributed by atoms with E-state index < -0.39 is 0 Å². The smallest absolute Gasteiger partial charge is 0.255 e. The van der Waals surface area contributed by atoms with Gasteiger partial charge in [-0.05, 0) is 17.7 Å². The standard InChI is InChI=1S/C12H11N5/c13-8-9-3-1-4-10(7-9)11-15-16-12-14-5-2-6-17(11)12/h1-7H,8,13H2. The fraction of sp³-hybridized carbons (Fsp3) is 0.0833.